The molecule has 0 amide bonds. The average Bonchev–Trinajstić information content (AvgIpc) is 2.36. The minimum absolute atomic E-state index is 0.480. The minimum Gasteiger partial charge on any atom is -0.383 e. The number of ether oxygens (including phenoxy) is 1. The Labute approximate surface area is 104 Å². The summed E-state index contributed by atoms with van der Waals surface area (Å²) in [5.74, 6) is 0. The first-order valence-corrected chi connectivity index (χ1v) is 6.15. The van der Waals surface area contributed by atoms with E-state index in [1.807, 2.05) is 12.4 Å². The van der Waals surface area contributed by atoms with Crippen LogP contribution >= 0.6 is 0 Å². The van der Waals surface area contributed by atoms with Crippen LogP contribution in [-0.4, -0.2) is 44.4 Å². The lowest BCUT2D eigenvalue weighted by molar-refractivity contribution is 0.198. The summed E-state index contributed by atoms with van der Waals surface area (Å²) in [4.78, 5) is 4.00. The van der Waals surface area contributed by atoms with Gasteiger partial charge in [0.1, 0.15) is 0 Å². The van der Waals surface area contributed by atoms with Gasteiger partial charge in [0.2, 0.25) is 0 Å². The van der Waals surface area contributed by atoms with Crippen LogP contribution in [0, 0.1) is 0 Å². The lowest BCUT2D eigenvalue weighted by atomic mass is 10.2. The fourth-order valence-electron chi connectivity index (χ4n) is 1.58. The Morgan fingerprint density at radius 2 is 2.06 bits per heavy atom. The maximum Gasteiger partial charge on any atom is 0.0587 e. The van der Waals surface area contributed by atoms with Gasteiger partial charge in [-0.15, -0.1) is 0 Å². The molecule has 0 radical (unpaired) electrons. The molecule has 1 atom stereocenters. The van der Waals surface area contributed by atoms with Crippen molar-refractivity contribution < 1.29 is 4.74 Å². The van der Waals surface area contributed by atoms with E-state index in [9.17, 15) is 0 Å². The molecule has 1 rings (SSSR count). The standard InChI is InChI=1S/C13H23N3O/c1-12(11-15-9-10-17-2)16-8-5-13-3-6-14-7-4-13/h3-4,6-7,12,15-16H,5,8-11H2,1-2H3. The topological polar surface area (TPSA) is 46.2 Å². The van der Waals surface area contributed by atoms with Crippen LogP contribution in [0.3, 0.4) is 0 Å². The maximum absolute atomic E-state index is 4.97. The monoisotopic (exact) mass is 237 g/mol. The average molecular weight is 237 g/mol. The Bertz CT molecular complexity index is 279. The first-order chi connectivity index (χ1) is 8.33. The van der Waals surface area contributed by atoms with Crippen molar-refractivity contribution in [2.45, 2.75) is 19.4 Å². The van der Waals surface area contributed by atoms with Crippen molar-refractivity contribution in [2.24, 2.45) is 0 Å². The van der Waals surface area contributed by atoms with Gasteiger partial charge < -0.3 is 15.4 Å². The van der Waals surface area contributed by atoms with Gasteiger partial charge in [0.05, 0.1) is 6.61 Å². The second-order valence-corrected chi connectivity index (χ2v) is 4.16. The van der Waals surface area contributed by atoms with Crippen molar-refractivity contribution in [1.82, 2.24) is 15.6 Å². The van der Waals surface area contributed by atoms with E-state index in [4.69, 9.17) is 4.74 Å². The summed E-state index contributed by atoms with van der Waals surface area (Å²) in [6.45, 7) is 5.83. The van der Waals surface area contributed by atoms with Gasteiger partial charge in [-0.05, 0) is 37.6 Å². The van der Waals surface area contributed by atoms with Gasteiger partial charge in [0.15, 0.2) is 0 Å². The van der Waals surface area contributed by atoms with E-state index in [1.165, 1.54) is 5.56 Å². The molecule has 0 aliphatic heterocycles. The molecule has 0 aliphatic carbocycles. The van der Waals surface area contributed by atoms with Crippen LogP contribution in [0.5, 0.6) is 0 Å². The molecule has 96 valence electrons. The van der Waals surface area contributed by atoms with Crippen LogP contribution in [0.15, 0.2) is 24.5 Å². The number of aromatic nitrogens is 1. The van der Waals surface area contributed by atoms with Crippen molar-refractivity contribution in [3.63, 3.8) is 0 Å². The molecule has 0 saturated carbocycles. The smallest absolute Gasteiger partial charge is 0.0587 e. The number of rotatable bonds is 9. The molecule has 1 heterocycles. The van der Waals surface area contributed by atoms with Crippen LogP contribution in [0.1, 0.15) is 12.5 Å². The molecule has 0 aromatic carbocycles. The predicted molar refractivity (Wildman–Crippen MR) is 70.2 cm³/mol. The minimum atomic E-state index is 0.480. The van der Waals surface area contributed by atoms with Crippen LogP contribution in [0.4, 0.5) is 0 Å². The number of pyridine rings is 1. The van der Waals surface area contributed by atoms with Crippen molar-refractivity contribution >= 4 is 0 Å². The Morgan fingerprint density at radius 3 is 2.76 bits per heavy atom. The lowest BCUT2D eigenvalue weighted by Crippen LogP contribution is -2.38. The first kappa shape index (κ1) is 14.1. The van der Waals surface area contributed by atoms with E-state index in [0.717, 1.165) is 32.7 Å². The molecule has 0 spiro atoms. The summed E-state index contributed by atoms with van der Waals surface area (Å²) >= 11 is 0. The molecule has 4 nitrogen and oxygen atoms in total. The van der Waals surface area contributed by atoms with E-state index in [2.05, 4.69) is 34.7 Å². The summed E-state index contributed by atoms with van der Waals surface area (Å²) < 4.78 is 4.97. The van der Waals surface area contributed by atoms with Gasteiger partial charge in [-0.1, -0.05) is 0 Å². The van der Waals surface area contributed by atoms with Gasteiger partial charge >= 0.3 is 0 Å². The molecule has 2 N–H and O–H groups in total. The number of nitrogens with zero attached hydrogens (tertiary/aromatic N) is 1. The third-order valence-electron chi connectivity index (χ3n) is 2.59. The van der Waals surface area contributed by atoms with Gasteiger partial charge in [0, 0.05) is 38.6 Å². The van der Waals surface area contributed by atoms with Crippen LogP contribution in [0.2, 0.25) is 0 Å². The van der Waals surface area contributed by atoms with Gasteiger partial charge in [0.25, 0.3) is 0 Å². The van der Waals surface area contributed by atoms with Crippen molar-refractivity contribution in [3.8, 4) is 0 Å². The Hall–Kier alpha value is -0.970. The molecule has 17 heavy (non-hydrogen) atoms. The molecule has 1 aromatic rings. The highest BCUT2D eigenvalue weighted by atomic mass is 16.5. The second-order valence-electron chi connectivity index (χ2n) is 4.16. The highest BCUT2D eigenvalue weighted by Crippen LogP contribution is 1.96. The number of methoxy groups -OCH3 is 1. The van der Waals surface area contributed by atoms with Gasteiger partial charge in [-0.3, -0.25) is 4.98 Å². The molecule has 0 aliphatic rings. The lowest BCUT2D eigenvalue weighted by Gasteiger charge is -2.14. The number of hydrogen-bond donors (Lipinski definition) is 2. The Balaban J connectivity index is 2.02. The molecule has 1 aromatic heterocycles. The van der Waals surface area contributed by atoms with Crippen molar-refractivity contribution in [3.05, 3.63) is 30.1 Å². The summed E-state index contributed by atoms with van der Waals surface area (Å²) in [5, 5.41) is 6.82. The van der Waals surface area contributed by atoms with E-state index in [-0.39, 0.29) is 0 Å². The quantitative estimate of drug-likeness (QED) is 0.625. The van der Waals surface area contributed by atoms with Crippen LogP contribution in [0.25, 0.3) is 0 Å². The number of nitrogens with one attached hydrogen (secondary N) is 2. The van der Waals surface area contributed by atoms with Crippen LogP contribution in [-0.2, 0) is 11.2 Å². The largest absolute Gasteiger partial charge is 0.383 e. The summed E-state index contributed by atoms with van der Waals surface area (Å²) in [6.07, 6.45) is 4.72. The highest BCUT2D eigenvalue weighted by molar-refractivity contribution is 5.09. The van der Waals surface area contributed by atoms with E-state index in [0.29, 0.717) is 6.04 Å². The zero-order valence-electron chi connectivity index (χ0n) is 10.8. The fourth-order valence-corrected chi connectivity index (χ4v) is 1.58. The van der Waals surface area contributed by atoms with E-state index < -0.39 is 0 Å². The highest BCUT2D eigenvalue weighted by Gasteiger charge is 2.00. The SMILES string of the molecule is COCCNCC(C)NCCc1ccncc1. The first-order valence-electron chi connectivity index (χ1n) is 6.15. The normalized spacial score (nSPS) is 12.6. The summed E-state index contributed by atoms with van der Waals surface area (Å²) in [5.41, 5.74) is 1.33. The van der Waals surface area contributed by atoms with E-state index >= 15 is 0 Å². The van der Waals surface area contributed by atoms with Gasteiger partial charge in [-0.25, -0.2) is 0 Å². The van der Waals surface area contributed by atoms with Crippen molar-refractivity contribution in [2.75, 3.05) is 33.4 Å². The Morgan fingerprint density at radius 1 is 1.29 bits per heavy atom. The Kier molecular flexibility index (Phi) is 7.54. The number of hydrogen-bond acceptors (Lipinski definition) is 4. The molecule has 0 bridgehead atoms. The summed E-state index contributed by atoms with van der Waals surface area (Å²) in [7, 11) is 1.72. The third-order valence-corrected chi connectivity index (χ3v) is 2.59. The zero-order valence-corrected chi connectivity index (χ0v) is 10.8. The fraction of sp³-hybridized carbons (Fsp3) is 0.615. The maximum atomic E-state index is 4.97. The molecule has 4 heteroatoms. The van der Waals surface area contributed by atoms with Gasteiger partial charge in [-0.2, -0.15) is 0 Å². The zero-order chi connectivity index (χ0) is 12.3. The third kappa shape index (κ3) is 7.05. The predicted octanol–water partition coefficient (Wildman–Crippen LogP) is 0.838. The molecule has 1 unspecified atom stereocenters. The van der Waals surface area contributed by atoms with E-state index in [1.54, 1.807) is 7.11 Å². The second kappa shape index (κ2) is 9.10. The molecule has 0 fully saturated rings. The summed E-state index contributed by atoms with van der Waals surface area (Å²) in [6, 6.07) is 4.60. The van der Waals surface area contributed by atoms with Crippen molar-refractivity contribution in [1.29, 1.82) is 0 Å². The van der Waals surface area contributed by atoms with Crippen LogP contribution < -0.4 is 10.6 Å². The molecular formula is C13H23N3O. The molecule has 0 saturated heterocycles. The molecular weight excluding hydrogens is 214 g/mol.